The number of para-hydroxylation sites is 2. The zero-order valence-corrected chi connectivity index (χ0v) is 13.2. The fraction of sp³-hybridized carbons (Fsp3) is 0.222. The number of carbonyl (C=O) groups is 1. The average molecular weight is 325 g/mol. The molecule has 0 saturated carbocycles. The third-order valence-electron chi connectivity index (χ3n) is 3.61. The monoisotopic (exact) mass is 325 g/mol. The number of aliphatic hydroxyl groups is 1. The summed E-state index contributed by atoms with van der Waals surface area (Å²) in [5, 5.41) is 11.6. The highest BCUT2D eigenvalue weighted by molar-refractivity contribution is 5.90. The van der Waals surface area contributed by atoms with Crippen LogP contribution in [0.5, 0.6) is 5.75 Å². The van der Waals surface area contributed by atoms with Gasteiger partial charge in [0.15, 0.2) is 0 Å². The van der Waals surface area contributed by atoms with E-state index in [0.29, 0.717) is 24.4 Å². The van der Waals surface area contributed by atoms with Crippen LogP contribution in [0.1, 0.15) is 6.42 Å². The normalized spacial score (nSPS) is 10.7. The first-order valence-electron chi connectivity index (χ1n) is 7.80. The molecule has 3 aromatic rings. The van der Waals surface area contributed by atoms with Gasteiger partial charge in [-0.1, -0.05) is 12.1 Å². The Balaban J connectivity index is 1.54. The lowest BCUT2D eigenvalue weighted by atomic mass is 10.3. The van der Waals surface area contributed by atoms with E-state index >= 15 is 0 Å². The van der Waals surface area contributed by atoms with Gasteiger partial charge < -0.3 is 19.7 Å². The number of nitrogens with zero attached hydrogens (tertiary/aromatic N) is 2. The molecular weight excluding hydrogens is 306 g/mol. The zero-order valence-electron chi connectivity index (χ0n) is 13.2. The molecule has 1 amide bonds. The number of aryl methyl sites for hydroxylation is 1. The first kappa shape index (κ1) is 16.0. The third-order valence-corrected chi connectivity index (χ3v) is 3.61. The lowest BCUT2D eigenvalue weighted by molar-refractivity contribution is -0.116. The Morgan fingerprint density at radius 2 is 1.96 bits per heavy atom. The van der Waals surface area contributed by atoms with Crippen molar-refractivity contribution in [2.24, 2.45) is 0 Å². The molecule has 0 saturated heterocycles. The van der Waals surface area contributed by atoms with Crippen LogP contribution in [0, 0.1) is 0 Å². The first-order chi connectivity index (χ1) is 11.8. The van der Waals surface area contributed by atoms with Crippen molar-refractivity contribution in [2.75, 3.05) is 18.5 Å². The van der Waals surface area contributed by atoms with Crippen molar-refractivity contribution in [3.63, 3.8) is 0 Å². The Kier molecular flexibility index (Phi) is 5.08. The van der Waals surface area contributed by atoms with Gasteiger partial charge in [0.1, 0.15) is 12.4 Å². The van der Waals surface area contributed by atoms with Crippen LogP contribution in [-0.4, -0.2) is 33.8 Å². The number of carbonyl (C=O) groups excluding carboxylic acids is 1. The van der Waals surface area contributed by atoms with E-state index < -0.39 is 0 Å². The number of rotatable bonds is 7. The van der Waals surface area contributed by atoms with E-state index in [1.807, 2.05) is 28.8 Å². The molecule has 1 aromatic heterocycles. The lowest BCUT2D eigenvalue weighted by Gasteiger charge is -2.08. The second kappa shape index (κ2) is 7.61. The average Bonchev–Trinajstić information content (AvgIpc) is 3.03. The molecule has 0 spiro atoms. The zero-order chi connectivity index (χ0) is 16.8. The van der Waals surface area contributed by atoms with Gasteiger partial charge in [-0.25, -0.2) is 4.98 Å². The van der Waals surface area contributed by atoms with Gasteiger partial charge in [-0.05, 0) is 36.4 Å². The van der Waals surface area contributed by atoms with Crippen molar-refractivity contribution in [3.8, 4) is 5.75 Å². The Morgan fingerprint density at radius 3 is 2.75 bits per heavy atom. The van der Waals surface area contributed by atoms with Crippen molar-refractivity contribution >= 4 is 22.6 Å². The molecule has 0 unspecified atom stereocenters. The SMILES string of the molecule is O=C(CCn1cnc2ccccc21)Nc1ccc(OCCO)cc1. The molecule has 0 radical (unpaired) electrons. The molecule has 3 rings (SSSR count). The molecule has 0 aliphatic rings. The number of fused-ring (bicyclic) bond motifs is 1. The maximum atomic E-state index is 12.1. The van der Waals surface area contributed by atoms with Crippen LogP contribution in [0.15, 0.2) is 54.9 Å². The summed E-state index contributed by atoms with van der Waals surface area (Å²) in [5.74, 6) is 0.601. The van der Waals surface area contributed by atoms with Gasteiger partial charge in [-0.3, -0.25) is 4.79 Å². The van der Waals surface area contributed by atoms with Gasteiger partial charge in [0.05, 0.1) is 24.0 Å². The largest absolute Gasteiger partial charge is 0.491 e. The molecule has 24 heavy (non-hydrogen) atoms. The second-order valence-electron chi connectivity index (χ2n) is 5.32. The van der Waals surface area contributed by atoms with Crippen LogP contribution >= 0.6 is 0 Å². The number of aromatic nitrogens is 2. The van der Waals surface area contributed by atoms with E-state index in [0.717, 1.165) is 11.0 Å². The summed E-state index contributed by atoms with van der Waals surface area (Å²) < 4.78 is 7.25. The standard InChI is InChI=1S/C18H19N3O3/c22-11-12-24-15-7-5-14(6-8-15)20-18(23)9-10-21-13-19-16-3-1-2-4-17(16)21/h1-8,13,22H,9-12H2,(H,20,23). The van der Waals surface area contributed by atoms with Gasteiger partial charge in [0.25, 0.3) is 0 Å². The van der Waals surface area contributed by atoms with Crippen LogP contribution in [-0.2, 0) is 11.3 Å². The summed E-state index contributed by atoms with van der Waals surface area (Å²) in [7, 11) is 0. The number of benzene rings is 2. The number of hydrogen-bond donors (Lipinski definition) is 2. The summed E-state index contributed by atoms with van der Waals surface area (Å²) in [5.41, 5.74) is 2.67. The smallest absolute Gasteiger partial charge is 0.226 e. The van der Waals surface area contributed by atoms with Gasteiger partial charge in [-0.2, -0.15) is 0 Å². The maximum absolute atomic E-state index is 12.1. The van der Waals surface area contributed by atoms with Crippen molar-refractivity contribution in [3.05, 3.63) is 54.9 Å². The molecule has 2 aromatic carbocycles. The van der Waals surface area contributed by atoms with Crippen LogP contribution in [0.2, 0.25) is 0 Å². The van der Waals surface area contributed by atoms with Gasteiger partial charge >= 0.3 is 0 Å². The number of ether oxygens (including phenoxy) is 1. The van der Waals surface area contributed by atoms with E-state index in [2.05, 4.69) is 10.3 Å². The second-order valence-corrected chi connectivity index (χ2v) is 5.32. The quantitative estimate of drug-likeness (QED) is 0.699. The fourth-order valence-corrected chi connectivity index (χ4v) is 2.43. The molecule has 0 atom stereocenters. The molecule has 1 heterocycles. The minimum atomic E-state index is -0.0585. The molecule has 0 aliphatic heterocycles. The highest BCUT2D eigenvalue weighted by atomic mass is 16.5. The Bertz CT molecular complexity index is 812. The van der Waals surface area contributed by atoms with E-state index in [-0.39, 0.29) is 19.1 Å². The predicted molar refractivity (Wildman–Crippen MR) is 92.0 cm³/mol. The van der Waals surface area contributed by atoms with Crippen molar-refractivity contribution < 1.29 is 14.6 Å². The van der Waals surface area contributed by atoms with Gasteiger partial charge in [0, 0.05) is 18.7 Å². The van der Waals surface area contributed by atoms with Crippen LogP contribution in [0.3, 0.4) is 0 Å². The summed E-state index contributed by atoms with van der Waals surface area (Å²) in [6.07, 6.45) is 2.12. The highest BCUT2D eigenvalue weighted by Crippen LogP contribution is 2.16. The molecule has 0 aliphatic carbocycles. The van der Waals surface area contributed by atoms with Crippen molar-refractivity contribution in [1.82, 2.24) is 9.55 Å². The molecule has 2 N–H and O–H groups in total. The summed E-state index contributed by atoms with van der Waals surface area (Å²) in [6.45, 7) is 0.802. The maximum Gasteiger partial charge on any atom is 0.226 e. The van der Waals surface area contributed by atoms with E-state index in [4.69, 9.17) is 9.84 Å². The van der Waals surface area contributed by atoms with E-state index in [1.54, 1.807) is 30.6 Å². The van der Waals surface area contributed by atoms with Gasteiger partial charge in [-0.15, -0.1) is 0 Å². The number of hydrogen-bond acceptors (Lipinski definition) is 4. The molecular formula is C18H19N3O3. The number of aliphatic hydroxyl groups excluding tert-OH is 1. The highest BCUT2D eigenvalue weighted by Gasteiger charge is 2.06. The lowest BCUT2D eigenvalue weighted by Crippen LogP contribution is -2.14. The summed E-state index contributed by atoms with van der Waals surface area (Å²) >= 11 is 0. The Hall–Kier alpha value is -2.86. The topological polar surface area (TPSA) is 76.4 Å². The summed E-state index contributed by atoms with van der Waals surface area (Å²) in [4.78, 5) is 16.4. The molecule has 6 heteroatoms. The first-order valence-corrected chi connectivity index (χ1v) is 7.80. The molecule has 0 bridgehead atoms. The predicted octanol–water partition coefficient (Wildman–Crippen LogP) is 2.44. The van der Waals surface area contributed by atoms with Crippen LogP contribution in [0.4, 0.5) is 5.69 Å². The minimum Gasteiger partial charge on any atom is -0.491 e. The van der Waals surface area contributed by atoms with E-state index in [1.165, 1.54) is 0 Å². The molecule has 6 nitrogen and oxygen atoms in total. The van der Waals surface area contributed by atoms with Crippen molar-refractivity contribution in [1.29, 1.82) is 0 Å². The number of anilines is 1. The molecule has 0 fully saturated rings. The van der Waals surface area contributed by atoms with Crippen LogP contribution in [0.25, 0.3) is 11.0 Å². The van der Waals surface area contributed by atoms with Crippen molar-refractivity contribution in [2.45, 2.75) is 13.0 Å². The Labute approximate surface area is 139 Å². The number of imidazole rings is 1. The number of amides is 1. The number of nitrogens with one attached hydrogen (secondary N) is 1. The Morgan fingerprint density at radius 1 is 1.17 bits per heavy atom. The minimum absolute atomic E-state index is 0.0264. The summed E-state index contributed by atoms with van der Waals surface area (Å²) in [6, 6.07) is 14.9. The molecule has 124 valence electrons. The van der Waals surface area contributed by atoms with Gasteiger partial charge in [0.2, 0.25) is 5.91 Å². The van der Waals surface area contributed by atoms with E-state index in [9.17, 15) is 4.79 Å². The van der Waals surface area contributed by atoms with Crippen LogP contribution < -0.4 is 10.1 Å². The third kappa shape index (κ3) is 3.91. The fourth-order valence-electron chi connectivity index (χ4n) is 2.43.